The normalized spacial score (nSPS) is 17.2. The summed E-state index contributed by atoms with van der Waals surface area (Å²) < 4.78 is 16.0. The molecule has 0 spiro atoms. The van der Waals surface area contributed by atoms with Gasteiger partial charge in [0.1, 0.15) is 11.7 Å². The van der Waals surface area contributed by atoms with E-state index in [1.165, 1.54) is 0 Å². The highest BCUT2D eigenvalue weighted by molar-refractivity contribution is 5.87. The van der Waals surface area contributed by atoms with Gasteiger partial charge in [-0.25, -0.2) is 14.4 Å². The van der Waals surface area contributed by atoms with E-state index in [1.807, 2.05) is 27.7 Å². The number of primary amides is 2. The zero-order valence-corrected chi connectivity index (χ0v) is 18.7. The van der Waals surface area contributed by atoms with Crippen molar-refractivity contribution in [2.45, 2.75) is 85.4 Å². The lowest BCUT2D eigenvalue weighted by Gasteiger charge is -2.49. The summed E-state index contributed by atoms with van der Waals surface area (Å²) in [5.41, 5.74) is 9.35. The van der Waals surface area contributed by atoms with Crippen LogP contribution < -0.4 is 11.5 Å². The van der Waals surface area contributed by atoms with Crippen molar-refractivity contribution in [3.8, 4) is 0 Å². The van der Waals surface area contributed by atoms with Gasteiger partial charge in [0.25, 0.3) is 0 Å². The average molecular weight is 415 g/mol. The second-order valence-electron chi connectivity index (χ2n) is 8.15. The molecule has 0 aromatic carbocycles. The minimum atomic E-state index is -0.929. The maximum absolute atomic E-state index is 11.9. The minimum absolute atomic E-state index is 0.162. The van der Waals surface area contributed by atoms with E-state index in [-0.39, 0.29) is 12.5 Å². The molecule has 8 heteroatoms. The van der Waals surface area contributed by atoms with Crippen LogP contribution in [0.2, 0.25) is 0 Å². The molecule has 0 heterocycles. The van der Waals surface area contributed by atoms with Crippen LogP contribution in [0.1, 0.15) is 73.6 Å². The highest BCUT2D eigenvalue weighted by Crippen LogP contribution is 2.48. The van der Waals surface area contributed by atoms with Crippen molar-refractivity contribution < 1.29 is 28.6 Å². The Morgan fingerprint density at radius 3 is 2.03 bits per heavy atom. The SMILES string of the molecule is C=C(C)C(=O)OC(C)CC(CC)(OC(N)=O)C(C)(CC)CC(C)CCOC(N)=O. The Hall–Kier alpha value is -2.25. The van der Waals surface area contributed by atoms with Gasteiger partial charge in [-0.2, -0.15) is 0 Å². The first kappa shape index (κ1) is 26.8. The van der Waals surface area contributed by atoms with E-state index in [0.717, 1.165) is 0 Å². The van der Waals surface area contributed by atoms with E-state index in [2.05, 4.69) is 6.58 Å². The summed E-state index contributed by atoms with van der Waals surface area (Å²) in [6.07, 6.45) is 0.649. The number of rotatable bonds is 13. The van der Waals surface area contributed by atoms with Crippen LogP contribution in [-0.4, -0.2) is 36.5 Å². The molecule has 168 valence electrons. The number of carbonyl (C=O) groups is 3. The number of amides is 2. The molecule has 2 amide bonds. The summed E-state index contributed by atoms with van der Waals surface area (Å²) in [5, 5.41) is 0. The summed E-state index contributed by atoms with van der Waals surface area (Å²) in [7, 11) is 0. The number of hydrogen-bond donors (Lipinski definition) is 2. The first-order valence-corrected chi connectivity index (χ1v) is 10.1. The van der Waals surface area contributed by atoms with Crippen molar-refractivity contribution in [1.82, 2.24) is 0 Å². The Kier molecular flexibility index (Phi) is 10.8. The first-order chi connectivity index (χ1) is 13.3. The molecule has 0 rings (SSSR count). The number of esters is 1. The van der Waals surface area contributed by atoms with Gasteiger partial charge in [0, 0.05) is 17.4 Å². The van der Waals surface area contributed by atoms with Gasteiger partial charge < -0.3 is 25.7 Å². The summed E-state index contributed by atoms with van der Waals surface area (Å²) in [6, 6.07) is 0. The van der Waals surface area contributed by atoms with Gasteiger partial charge in [0.2, 0.25) is 0 Å². The van der Waals surface area contributed by atoms with Gasteiger partial charge in [0.15, 0.2) is 0 Å². The Balaban J connectivity index is 5.62. The molecule has 0 aliphatic heterocycles. The van der Waals surface area contributed by atoms with Crippen LogP contribution in [-0.2, 0) is 19.0 Å². The first-order valence-electron chi connectivity index (χ1n) is 10.1. The maximum Gasteiger partial charge on any atom is 0.405 e. The van der Waals surface area contributed by atoms with Crippen LogP contribution in [0.5, 0.6) is 0 Å². The van der Waals surface area contributed by atoms with Gasteiger partial charge in [-0.1, -0.05) is 34.3 Å². The Morgan fingerprint density at radius 1 is 1.03 bits per heavy atom. The smallest absolute Gasteiger partial charge is 0.405 e. The fraction of sp³-hybridized carbons (Fsp3) is 0.762. The van der Waals surface area contributed by atoms with Crippen molar-refractivity contribution in [2.24, 2.45) is 22.8 Å². The molecule has 0 fully saturated rings. The lowest BCUT2D eigenvalue weighted by Crippen LogP contribution is -2.53. The van der Waals surface area contributed by atoms with Crippen molar-refractivity contribution in [1.29, 1.82) is 0 Å². The minimum Gasteiger partial charge on any atom is -0.459 e. The standard InChI is InChI=1S/C21H38N2O6/c1-8-20(7,12-15(5)10-11-27-18(22)25)21(9-2,29-19(23)26)13-16(6)28-17(24)14(3)4/h15-16H,3,8-13H2,1-2,4-7H3,(H2,22,25)(H2,23,26). The van der Waals surface area contributed by atoms with E-state index >= 15 is 0 Å². The number of nitrogens with two attached hydrogens (primary N) is 2. The van der Waals surface area contributed by atoms with Gasteiger partial charge in [-0.3, -0.25) is 0 Å². The average Bonchev–Trinajstić information content (AvgIpc) is 2.59. The van der Waals surface area contributed by atoms with Crippen LogP contribution in [0.25, 0.3) is 0 Å². The van der Waals surface area contributed by atoms with E-state index in [4.69, 9.17) is 25.7 Å². The van der Waals surface area contributed by atoms with Crippen molar-refractivity contribution in [3.63, 3.8) is 0 Å². The van der Waals surface area contributed by atoms with E-state index in [1.54, 1.807) is 13.8 Å². The second-order valence-corrected chi connectivity index (χ2v) is 8.15. The lowest BCUT2D eigenvalue weighted by atomic mass is 9.63. The largest absolute Gasteiger partial charge is 0.459 e. The van der Waals surface area contributed by atoms with E-state index < -0.39 is 35.3 Å². The highest BCUT2D eigenvalue weighted by Gasteiger charge is 2.50. The maximum atomic E-state index is 11.9. The molecule has 0 aromatic heterocycles. The summed E-state index contributed by atoms with van der Waals surface area (Å²) in [6.45, 7) is 15.2. The highest BCUT2D eigenvalue weighted by atomic mass is 16.6. The molecular weight excluding hydrogens is 376 g/mol. The second kappa shape index (κ2) is 11.7. The summed E-state index contributed by atoms with van der Waals surface area (Å²) in [4.78, 5) is 34.5. The van der Waals surface area contributed by atoms with Gasteiger partial charge in [-0.15, -0.1) is 0 Å². The molecule has 8 nitrogen and oxygen atoms in total. The Bertz CT molecular complexity index is 594. The molecule has 4 N–H and O–H groups in total. The Morgan fingerprint density at radius 2 is 1.62 bits per heavy atom. The predicted molar refractivity (Wildman–Crippen MR) is 111 cm³/mol. The van der Waals surface area contributed by atoms with Gasteiger partial charge >= 0.3 is 18.2 Å². The van der Waals surface area contributed by atoms with Crippen molar-refractivity contribution in [2.75, 3.05) is 6.61 Å². The van der Waals surface area contributed by atoms with Gasteiger partial charge in [0.05, 0.1) is 6.61 Å². The van der Waals surface area contributed by atoms with Crippen LogP contribution in [0.3, 0.4) is 0 Å². The number of ether oxygens (including phenoxy) is 3. The van der Waals surface area contributed by atoms with Crippen molar-refractivity contribution in [3.05, 3.63) is 12.2 Å². The van der Waals surface area contributed by atoms with Crippen LogP contribution in [0.15, 0.2) is 12.2 Å². The molecule has 0 radical (unpaired) electrons. The van der Waals surface area contributed by atoms with Crippen LogP contribution >= 0.6 is 0 Å². The zero-order valence-electron chi connectivity index (χ0n) is 18.7. The number of carbonyl (C=O) groups excluding carboxylic acids is 3. The quantitative estimate of drug-likeness (QED) is 0.265. The van der Waals surface area contributed by atoms with Crippen LogP contribution in [0, 0.1) is 11.3 Å². The fourth-order valence-electron chi connectivity index (χ4n) is 3.92. The third kappa shape index (κ3) is 8.33. The molecule has 0 aliphatic carbocycles. The summed E-state index contributed by atoms with van der Waals surface area (Å²) >= 11 is 0. The number of hydrogen-bond acceptors (Lipinski definition) is 6. The van der Waals surface area contributed by atoms with Crippen LogP contribution in [0.4, 0.5) is 9.59 Å². The molecule has 0 bridgehead atoms. The van der Waals surface area contributed by atoms with E-state index in [0.29, 0.717) is 37.7 Å². The monoisotopic (exact) mass is 414 g/mol. The fourth-order valence-corrected chi connectivity index (χ4v) is 3.92. The molecule has 0 saturated carbocycles. The third-order valence-electron chi connectivity index (χ3n) is 5.68. The molecule has 4 atom stereocenters. The summed E-state index contributed by atoms with van der Waals surface area (Å²) in [5.74, 6) is -0.327. The van der Waals surface area contributed by atoms with Crippen molar-refractivity contribution >= 4 is 18.2 Å². The van der Waals surface area contributed by atoms with E-state index in [9.17, 15) is 14.4 Å². The molecule has 4 unspecified atom stereocenters. The lowest BCUT2D eigenvalue weighted by molar-refractivity contribution is -0.153. The molecule has 0 aliphatic rings. The molecule has 29 heavy (non-hydrogen) atoms. The zero-order chi connectivity index (χ0) is 22.8. The Labute approximate surface area is 174 Å². The molecule has 0 saturated heterocycles. The molecular formula is C21H38N2O6. The topological polar surface area (TPSA) is 131 Å². The predicted octanol–water partition coefficient (Wildman–Crippen LogP) is 4.06. The van der Waals surface area contributed by atoms with Gasteiger partial charge in [-0.05, 0) is 45.4 Å². The third-order valence-corrected chi connectivity index (χ3v) is 5.68. The molecule has 0 aromatic rings.